The predicted molar refractivity (Wildman–Crippen MR) is 62.5 cm³/mol. The third kappa shape index (κ3) is 2.67. The highest BCUT2D eigenvalue weighted by molar-refractivity contribution is 5.78. The molecule has 2 heterocycles. The molecule has 0 saturated heterocycles. The summed E-state index contributed by atoms with van der Waals surface area (Å²) < 4.78 is 12.5. The van der Waals surface area contributed by atoms with Crippen LogP contribution in [0.25, 0.3) is 10.9 Å². The molecule has 0 fully saturated rings. The number of pyridine rings is 1. The minimum absolute atomic E-state index is 0.188. The summed E-state index contributed by atoms with van der Waals surface area (Å²) in [4.78, 5) is 6.76. The number of nitrogens with zero attached hydrogens (tertiary/aromatic N) is 1. The maximum atomic E-state index is 12.5. The molecule has 0 radical (unpaired) electrons. The molecule has 1 N–H and O–H groups in total. The summed E-state index contributed by atoms with van der Waals surface area (Å²) in [5.41, 5.74) is 0.974. The minimum atomic E-state index is -0.188. The molecular weight excluding hydrogens is 203 g/mol. The SMILES string of the molecule is Fc1ccc2[nH]ccc2c1.c1ccncc1. The maximum Gasteiger partial charge on any atom is 0.123 e. The normalized spacial score (nSPS) is 9.56. The van der Waals surface area contributed by atoms with Crippen molar-refractivity contribution < 1.29 is 4.39 Å². The molecule has 3 rings (SSSR count). The Hall–Kier alpha value is -2.16. The van der Waals surface area contributed by atoms with E-state index < -0.39 is 0 Å². The molecule has 80 valence electrons. The number of nitrogens with one attached hydrogen (secondary N) is 1. The van der Waals surface area contributed by atoms with Gasteiger partial charge in [0.25, 0.3) is 0 Å². The number of hydrogen-bond acceptors (Lipinski definition) is 1. The summed E-state index contributed by atoms with van der Waals surface area (Å²) >= 11 is 0. The highest BCUT2D eigenvalue weighted by Crippen LogP contribution is 2.12. The van der Waals surface area contributed by atoms with Crippen molar-refractivity contribution in [1.82, 2.24) is 9.97 Å². The summed E-state index contributed by atoms with van der Waals surface area (Å²) in [5, 5.41) is 0.917. The lowest BCUT2D eigenvalue weighted by Crippen LogP contribution is -1.70. The third-order valence-electron chi connectivity index (χ3n) is 2.08. The summed E-state index contributed by atoms with van der Waals surface area (Å²) in [6, 6.07) is 12.2. The lowest BCUT2D eigenvalue weighted by molar-refractivity contribution is 0.630. The van der Waals surface area contributed by atoms with E-state index in [9.17, 15) is 4.39 Å². The van der Waals surface area contributed by atoms with Crippen molar-refractivity contribution in [3.05, 3.63) is 66.9 Å². The predicted octanol–water partition coefficient (Wildman–Crippen LogP) is 3.39. The van der Waals surface area contributed by atoms with Crippen LogP contribution in [0.5, 0.6) is 0 Å². The van der Waals surface area contributed by atoms with Crippen molar-refractivity contribution in [3.63, 3.8) is 0 Å². The zero-order valence-corrected chi connectivity index (χ0v) is 8.60. The monoisotopic (exact) mass is 214 g/mol. The Labute approximate surface area is 92.8 Å². The molecule has 2 aromatic heterocycles. The zero-order valence-electron chi connectivity index (χ0n) is 8.60. The van der Waals surface area contributed by atoms with E-state index in [4.69, 9.17) is 0 Å². The van der Waals surface area contributed by atoms with Gasteiger partial charge in [-0.2, -0.15) is 0 Å². The van der Waals surface area contributed by atoms with Gasteiger partial charge in [0.05, 0.1) is 0 Å². The first-order valence-electron chi connectivity index (χ1n) is 4.94. The van der Waals surface area contributed by atoms with Crippen LogP contribution in [0.4, 0.5) is 4.39 Å². The van der Waals surface area contributed by atoms with Crippen molar-refractivity contribution >= 4 is 10.9 Å². The van der Waals surface area contributed by atoms with Crippen LogP contribution in [0, 0.1) is 5.82 Å². The van der Waals surface area contributed by atoms with Gasteiger partial charge < -0.3 is 4.98 Å². The fourth-order valence-electron chi connectivity index (χ4n) is 1.34. The van der Waals surface area contributed by atoms with Gasteiger partial charge in [-0.1, -0.05) is 6.07 Å². The molecule has 0 amide bonds. The number of halogens is 1. The molecule has 0 aliphatic rings. The Balaban J connectivity index is 0.000000138. The summed E-state index contributed by atoms with van der Waals surface area (Å²) in [6.45, 7) is 0. The van der Waals surface area contributed by atoms with Crippen LogP contribution in [0.1, 0.15) is 0 Å². The number of aromatic nitrogens is 2. The Morgan fingerprint density at radius 2 is 1.81 bits per heavy atom. The van der Waals surface area contributed by atoms with Crippen LogP contribution in [0.15, 0.2) is 61.1 Å². The molecule has 0 aliphatic heterocycles. The van der Waals surface area contributed by atoms with E-state index in [-0.39, 0.29) is 5.82 Å². The molecular formula is C13H11FN2. The minimum Gasteiger partial charge on any atom is -0.361 e. The van der Waals surface area contributed by atoms with Crippen molar-refractivity contribution in [2.24, 2.45) is 0 Å². The van der Waals surface area contributed by atoms with Gasteiger partial charge in [-0.15, -0.1) is 0 Å². The second kappa shape index (κ2) is 5.07. The molecule has 0 saturated carbocycles. The molecule has 1 aromatic carbocycles. The average molecular weight is 214 g/mol. The zero-order chi connectivity index (χ0) is 11.2. The maximum absolute atomic E-state index is 12.5. The molecule has 0 bridgehead atoms. The summed E-state index contributed by atoms with van der Waals surface area (Å²) in [6.07, 6.45) is 5.30. The van der Waals surface area contributed by atoms with E-state index in [0.717, 1.165) is 10.9 Å². The van der Waals surface area contributed by atoms with E-state index in [0.29, 0.717) is 0 Å². The van der Waals surface area contributed by atoms with Crippen molar-refractivity contribution in [1.29, 1.82) is 0 Å². The van der Waals surface area contributed by atoms with Crippen LogP contribution >= 0.6 is 0 Å². The smallest absolute Gasteiger partial charge is 0.123 e. The van der Waals surface area contributed by atoms with E-state index in [1.807, 2.05) is 24.3 Å². The number of benzene rings is 1. The molecule has 0 aliphatic carbocycles. The van der Waals surface area contributed by atoms with Crippen LogP contribution in [-0.2, 0) is 0 Å². The van der Waals surface area contributed by atoms with Gasteiger partial charge in [0, 0.05) is 29.5 Å². The Kier molecular flexibility index (Phi) is 3.28. The number of fused-ring (bicyclic) bond motifs is 1. The molecule has 0 spiro atoms. The van der Waals surface area contributed by atoms with Crippen LogP contribution in [0.3, 0.4) is 0 Å². The molecule has 16 heavy (non-hydrogen) atoms. The molecule has 3 aromatic rings. The average Bonchev–Trinajstić information content (AvgIpc) is 2.79. The highest BCUT2D eigenvalue weighted by Gasteiger charge is 1.93. The van der Waals surface area contributed by atoms with E-state index in [1.54, 1.807) is 24.7 Å². The standard InChI is InChI=1S/C8H6FN.C5H5N/c9-7-1-2-8-6(5-7)3-4-10-8;1-2-4-6-5-3-1/h1-5,10H;1-5H. The number of rotatable bonds is 0. The first kappa shape index (κ1) is 10.4. The number of H-pyrrole nitrogens is 1. The fraction of sp³-hybridized carbons (Fsp3) is 0. The third-order valence-corrected chi connectivity index (χ3v) is 2.08. The van der Waals surface area contributed by atoms with Crippen LogP contribution < -0.4 is 0 Å². The van der Waals surface area contributed by atoms with Crippen LogP contribution in [-0.4, -0.2) is 9.97 Å². The van der Waals surface area contributed by atoms with Gasteiger partial charge in [0.2, 0.25) is 0 Å². The second-order valence-corrected chi connectivity index (χ2v) is 3.23. The summed E-state index contributed by atoms with van der Waals surface area (Å²) in [7, 11) is 0. The lowest BCUT2D eigenvalue weighted by Gasteiger charge is -1.87. The van der Waals surface area contributed by atoms with Gasteiger partial charge in [0.1, 0.15) is 5.82 Å². The summed E-state index contributed by atoms with van der Waals surface area (Å²) in [5.74, 6) is -0.188. The Bertz CT molecular complexity index is 519. The van der Waals surface area contributed by atoms with Gasteiger partial charge in [0.15, 0.2) is 0 Å². The van der Waals surface area contributed by atoms with Gasteiger partial charge in [-0.3, -0.25) is 4.98 Å². The Morgan fingerprint density at radius 3 is 2.44 bits per heavy atom. The molecule has 3 heteroatoms. The Morgan fingerprint density at radius 1 is 1.00 bits per heavy atom. The number of aromatic amines is 1. The van der Waals surface area contributed by atoms with Gasteiger partial charge in [-0.05, 0) is 36.4 Å². The number of hydrogen-bond donors (Lipinski definition) is 1. The van der Waals surface area contributed by atoms with Gasteiger partial charge in [-0.25, -0.2) is 4.39 Å². The van der Waals surface area contributed by atoms with E-state index in [1.165, 1.54) is 12.1 Å². The van der Waals surface area contributed by atoms with Crippen molar-refractivity contribution in [2.45, 2.75) is 0 Å². The largest absolute Gasteiger partial charge is 0.361 e. The lowest BCUT2D eigenvalue weighted by atomic mass is 10.2. The van der Waals surface area contributed by atoms with Crippen molar-refractivity contribution in [2.75, 3.05) is 0 Å². The first-order chi connectivity index (χ1) is 7.86. The molecule has 0 atom stereocenters. The van der Waals surface area contributed by atoms with Crippen molar-refractivity contribution in [3.8, 4) is 0 Å². The van der Waals surface area contributed by atoms with Gasteiger partial charge >= 0.3 is 0 Å². The fourth-order valence-corrected chi connectivity index (χ4v) is 1.34. The second-order valence-electron chi connectivity index (χ2n) is 3.23. The topological polar surface area (TPSA) is 28.7 Å². The van der Waals surface area contributed by atoms with Crippen LogP contribution in [0.2, 0.25) is 0 Å². The van der Waals surface area contributed by atoms with E-state index >= 15 is 0 Å². The quantitative estimate of drug-likeness (QED) is 0.610. The first-order valence-corrected chi connectivity index (χ1v) is 4.94. The molecule has 0 unspecified atom stereocenters. The van der Waals surface area contributed by atoms with E-state index in [2.05, 4.69) is 9.97 Å². The highest BCUT2D eigenvalue weighted by atomic mass is 19.1. The molecule has 2 nitrogen and oxygen atoms in total.